The van der Waals surface area contributed by atoms with Crippen molar-refractivity contribution >= 4 is 12.2 Å². The molecule has 1 fully saturated rings. The molecule has 4 rings (SSSR count). The molecule has 1 aliphatic carbocycles. The van der Waals surface area contributed by atoms with Crippen LogP contribution in [0.4, 0.5) is 5.95 Å². The SMILES string of the molecule is CN(Cc1cccc(C=NNc2nc(-c3ccccc3)c(C#N)c(=O)[nH]2)c1)C1CCCCC1. The van der Waals surface area contributed by atoms with Gasteiger partial charge in [-0.05, 0) is 37.1 Å². The molecule has 0 aliphatic heterocycles. The highest BCUT2D eigenvalue weighted by Crippen LogP contribution is 2.23. The number of aromatic nitrogens is 2. The van der Waals surface area contributed by atoms with Gasteiger partial charge in [0.25, 0.3) is 5.56 Å². The van der Waals surface area contributed by atoms with E-state index in [0.29, 0.717) is 17.3 Å². The fourth-order valence-electron chi connectivity index (χ4n) is 4.31. The van der Waals surface area contributed by atoms with E-state index in [0.717, 1.165) is 12.1 Å². The van der Waals surface area contributed by atoms with Crippen molar-refractivity contribution in [2.24, 2.45) is 5.10 Å². The van der Waals surface area contributed by atoms with Crippen molar-refractivity contribution in [2.45, 2.75) is 44.7 Å². The first-order valence-electron chi connectivity index (χ1n) is 11.3. The minimum absolute atomic E-state index is 0.0227. The number of aromatic amines is 1. The Balaban J connectivity index is 1.46. The number of rotatable bonds is 7. The van der Waals surface area contributed by atoms with Crippen LogP contribution in [-0.4, -0.2) is 34.2 Å². The molecular weight excluding hydrogens is 412 g/mol. The fourth-order valence-corrected chi connectivity index (χ4v) is 4.31. The predicted molar refractivity (Wildman–Crippen MR) is 131 cm³/mol. The average Bonchev–Trinajstić information content (AvgIpc) is 2.85. The summed E-state index contributed by atoms with van der Waals surface area (Å²) >= 11 is 0. The van der Waals surface area contributed by atoms with E-state index in [4.69, 9.17) is 0 Å². The highest BCUT2D eigenvalue weighted by Gasteiger charge is 2.18. The van der Waals surface area contributed by atoms with Crippen LogP contribution < -0.4 is 11.0 Å². The molecule has 0 amide bonds. The van der Waals surface area contributed by atoms with E-state index in [2.05, 4.69) is 44.6 Å². The molecule has 1 aliphatic rings. The second-order valence-corrected chi connectivity index (χ2v) is 8.44. The van der Waals surface area contributed by atoms with Gasteiger partial charge in [0.15, 0.2) is 0 Å². The van der Waals surface area contributed by atoms with Gasteiger partial charge in [-0.3, -0.25) is 14.7 Å². The van der Waals surface area contributed by atoms with Crippen LogP contribution in [-0.2, 0) is 6.54 Å². The number of hydrogen-bond acceptors (Lipinski definition) is 6. The van der Waals surface area contributed by atoms with Gasteiger partial charge in [-0.25, -0.2) is 10.4 Å². The molecular formula is C26H28N6O. The van der Waals surface area contributed by atoms with Crippen molar-refractivity contribution in [1.29, 1.82) is 5.26 Å². The lowest BCUT2D eigenvalue weighted by atomic mass is 9.94. The molecule has 7 nitrogen and oxygen atoms in total. The second kappa shape index (κ2) is 10.7. The summed E-state index contributed by atoms with van der Waals surface area (Å²) in [6, 6.07) is 20.0. The molecule has 0 atom stereocenters. The van der Waals surface area contributed by atoms with Crippen molar-refractivity contribution in [3.8, 4) is 17.3 Å². The first-order chi connectivity index (χ1) is 16.1. The standard InChI is InChI=1S/C26H28N6O/c1-32(22-13-6-3-7-14-22)18-20-10-8-9-19(15-20)17-28-31-26-29-24(21-11-4-2-5-12-21)23(16-27)25(33)30-26/h2,4-5,8-12,15,17,22H,3,6-7,13-14,18H2,1H3,(H2,29,30,31,33). The summed E-state index contributed by atoms with van der Waals surface area (Å²) in [5.41, 5.74) is 5.48. The lowest BCUT2D eigenvalue weighted by molar-refractivity contribution is 0.184. The van der Waals surface area contributed by atoms with Crippen molar-refractivity contribution in [3.63, 3.8) is 0 Å². The molecule has 168 valence electrons. The molecule has 0 radical (unpaired) electrons. The molecule has 1 aromatic heterocycles. The Morgan fingerprint density at radius 2 is 1.97 bits per heavy atom. The number of hydrazone groups is 1. The highest BCUT2D eigenvalue weighted by atomic mass is 16.1. The molecule has 2 N–H and O–H groups in total. The highest BCUT2D eigenvalue weighted by molar-refractivity contribution is 5.80. The third kappa shape index (κ3) is 5.73. The van der Waals surface area contributed by atoms with Crippen LogP contribution in [0.2, 0.25) is 0 Å². The van der Waals surface area contributed by atoms with Gasteiger partial charge >= 0.3 is 0 Å². The molecule has 1 saturated carbocycles. The normalized spacial score (nSPS) is 14.5. The topological polar surface area (TPSA) is 97.2 Å². The Morgan fingerprint density at radius 3 is 2.73 bits per heavy atom. The smallest absolute Gasteiger partial charge is 0.270 e. The van der Waals surface area contributed by atoms with Gasteiger partial charge in [0.2, 0.25) is 5.95 Å². The van der Waals surface area contributed by atoms with E-state index >= 15 is 0 Å². The van der Waals surface area contributed by atoms with Gasteiger partial charge in [0.1, 0.15) is 11.6 Å². The molecule has 0 spiro atoms. The molecule has 1 heterocycles. The van der Waals surface area contributed by atoms with Gasteiger partial charge in [-0.15, -0.1) is 0 Å². The summed E-state index contributed by atoms with van der Waals surface area (Å²) < 4.78 is 0. The summed E-state index contributed by atoms with van der Waals surface area (Å²) in [4.78, 5) is 21.8. The van der Waals surface area contributed by atoms with Crippen molar-refractivity contribution in [3.05, 3.63) is 81.6 Å². The molecule has 33 heavy (non-hydrogen) atoms. The minimum Gasteiger partial charge on any atom is -0.299 e. The minimum atomic E-state index is -0.503. The van der Waals surface area contributed by atoms with E-state index in [1.54, 1.807) is 6.21 Å². The first-order valence-corrected chi connectivity index (χ1v) is 11.3. The fraction of sp³-hybridized carbons (Fsp3) is 0.308. The van der Waals surface area contributed by atoms with Crippen LogP contribution in [0, 0.1) is 11.3 Å². The first kappa shape index (κ1) is 22.4. The summed E-state index contributed by atoms with van der Waals surface area (Å²) in [6.45, 7) is 0.907. The van der Waals surface area contributed by atoms with Gasteiger partial charge in [0.05, 0.1) is 11.9 Å². The average molecular weight is 441 g/mol. The van der Waals surface area contributed by atoms with Crippen LogP contribution in [0.15, 0.2) is 64.5 Å². The zero-order valence-corrected chi connectivity index (χ0v) is 18.8. The van der Waals surface area contributed by atoms with Gasteiger partial charge < -0.3 is 0 Å². The molecule has 0 saturated heterocycles. The lowest BCUT2D eigenvalue weighted by Crippen LogP contribution is -2.32. The maximum Gasteiger partial charge on any atom is 0.270 e. The monoisotopic (exact) mass is 440 g/mol. The van der Waals surface area contributed by atoms with Crippen LogP contribution >= 0.6 is 0 Å². The van der Waals surface area contributed by atoms with Crippen LogP contribution in [0.3, 0.4) is 0 Å². The number of nitriles is 1. The number of nitrogens with one attached hydrogen (secondary N) is 2. The Bertz CT molecular complexity index is 1210. The van der Waals surface area contributed by atoms with Crippen molar-refractivity contribution < 1.29 is 0 Å². The summed E-state index contributed by atoms with van der Waals surface area (Å²) in [5.74, 6) is 0.183. The second-order valence-electron chi connectivity index (χ2n) is 8.44. The number of hydrogen-bond donors (Lipinski definition) is 2. The van der Waals surface area contributed by atoms with E-state index in [9.17, 15) is 10.1 Å². The third-order valence-electron chi connectivity index (χ3n) is 6.04. The number of H-pyrrole nitrogens is 1. The Kier molecular flexibility index (Phi) is 7.28. The van der Waals surface area contributed by atoms with Crippen molar-refractivity contribution in [2.75, 3.05) is 12.5 Å². The maximum atomic E-state index is 12.4. The van der Waals surface area contributed by atoms with Gasteiger partial charge in [-0.1, -0.05) is 67.8 Å². The van der Waals surface area contributed by atoms with Gasteiger partial charge in [0, 0.05) is 18.2 Å². The Morgan fingerprint density at radius 1 is 1.18 bits per heavy atom. The van der Waals surface area contributed by atoms with E-state index < -0.39 is 5.56 Å². The van der Waals surface area contributed by atoms with E-state index in [1.165, 1.54) is 37.7 Å². The van der Waals surface area contributed by atoms with Crippen molar-refractivity contribution in [1.82, 2.24) is 14.9 Å². The third-order valence-corrected chi connectivity index (χ3v) is 6.04. The largest absolute Gasteiger partial charge is 0.299 e. The number of nitrogens with zero attached hydrogens (tertiary/aromatic N) is 4. The lowest BCUT2D eigenvalue weighted by Gasteiger charge is -2.31. The Labute approximate surface area is 193 Å². The molecule has 0 unspecified atom stereocenters. The van der Waals surface area contributed by atoms with Gasteiger partial charge in [-0.2, -0.15) is 10.4 Å². The number of anilines is 1. The van der Waals surface area contributed by atoms with Crippen LogP contribution in [0.1, 0.15) is 48.8 Å². The van der Waals surface area contributed by atoms with E-state index in [1.807, 2.05) is 48.5 Å². The summed E-state index contributed by atoms with van der Waals surface area (Å²) in [7, 11) is 2.20. The predicted octanol–water partition coefficient (Wildman–Crippen LogP) is 4.52. The summed E-state index contributed by atoms with van der Waals surface area (Å²) in [5, 5.41) is 13.6. The zero-order chi connectivity index (χ0) is 23.0. The molecule has 3 aromatic rings. The van der Waals surface area contributed by atoms with E-state index in [-0.39, 0.29) is 11.5 Å². The van der Waals surface area contributed by atoms with Crippen LogP contribution in [0.25, 0.3) is 11.3 Å². The summed E-state index contributed by atoms with van der Waals surface area (Å²) in [6.07, 6.45) is 8.26. The maximum absolute atomic E-state index is 12.4. The molecule has 0 bridgehead atoms. The Hall–Kier alpha value is -3.76. The molecule has 7 heteroatoms. The van der Waals surface area contributed by atoms with Crippen LogP contribution in [0.5, 0.6) is 0 Å². The number of benzene rings is 2. The zero-order valence-electron chi connectivity index (χ0n) is 18.8. The quantitative estimate of drug-likeness (QED) is 0.416. The molecule has 2 aromatic carbocycles.